The summed E-state index contributed by atoms with van der Waals surface area (Å²) in [6.45, 7) is 3.60. The van der Waals surface area contributed by atoms with E-state index in [4.69, 9.17) is 11.6 Å². The van der Waals surface area contributed by atoms with E-state index in [0.717, 1.165) is 10.0 Å². The molecule has 3 rings (SSSR count). The number of hydrogen-bond donors (Lipinski definition) is 2. The number of anilines is 2. The fraction of sp³-hybridized carbons (Fsp3) is 0.150. The molecule has 28 heavy (non-hydrogen) atoms. The van der Waals surface area contributed by atoms with Crippen LogP contribution in [-0.2, 0) is 11.3 Å². The fourth-order valence-corrected chi connectivity index (χ4v) is 3.46. The first kappa shape index (κ1) is 20.1. The fourth-order valence-electron chi connectivity index (χ4n) is 2.78. The maximum atomic E-state index is 12.9. The SMILES string of the molecule is CC(=O)Nc1ccc(Br)cc1NC(=O)c1c(C)nn(Cc2ccccc2)c1Cl. The van der Waals surface area contributed by atoms with Crippen LogP contribution in [0.4, 0.5) is 11.4 Å². The highest BCUT2D eigenvalue weighted by Gasteiger charge is 2.21. The van der Waals surface area contributed by atoms with Crippen LogP contribution >= 0.6 is 27.5 Å². The van der Waals surface area contributed by atoms with Crippen LogP contribution in [0.25, 0.3) is 0 Å². The molecule has 3 aromatic rings. The van der Waals surface area contributed by atoms with Crippen LogP contribution in [0.2, 0.25) is 5.15 Å². The van der Waals surface area contributed by atoms with Crippen LogP contribution in [0.15, 0.2) is 53.0 Å². The molecule has 0 aliphatic heterocycles. The third-order valence-corrected chi connectivity index (χ3v) is 4.89. The zero-order chi connectivity index (χ0) is 20.3. The van der Waals surface area contributed by atoms with Gasteiger partial charge in [0.15, 0.2) is 0 Å². The van der Waals surface area contributed by atoms with Crippen molar-refractivity contribution in [2.75, 3.05) is 10.6 Å². The minimum atomic E-state index is -0.397. The van der Waals surface area contributed by atoms with Crippen LogP contribution in [0, 0.1) is 6.92 Å². The number of benzene rings is 2. The Morgan fingerprint density at radius 2 is 1.82 bits per heavy atom. The minimum absolute atomic E-state index is 0.234. The van der Waals surface area contributed by atoms with Crippen molar-refractivity contribution in [3.05, 3.63) is 75.0 Å². The van der Waals surface area contributed by atoms with Gasteiger partial charge in [0, 0.05) is 11.4 Å². The average Bonchev–Trinajstić information content (AvgIpc) is 2.91. The van der Waals surface area contributed by atoms with Gasteiger partial charge in [-0.25, -0.2) is 4.68 Å². The van der Waals surface area contributed by atoms with Gasteiger partial charge in [0.2, 0.25) is 5.91 Å². The van der Waals surface area contributed by atoms with E-state index in [1.54, 1.807) is 29.8 Å². The molecule has 6 nitrogen and oxygen atoms in total. The second kappa shape index (κ2) is 8.58. The lowest BCUT2D eigenvalue weighted by Gasteiger charge is -2.12. The van der Waals surface area contributed by atoms with Gasteiger partial charge in [-0.2, -0.15) is 5.10 Å². The van der Waals surface area contributed by atoms with E-state index in [1.165, 1.54) is 6.92 Å². The highest BCUT2D eigenvalue weighted by molar-refractivity contribution is 9.10. The third kappa shape index (κ3) is 4.61. The number of halogens is 2. The summed E-state index contributed by atoms with van der Waals surface area (Å²) in [5, 5.41) is 10.2. The first-order valence-corrected chi connectivity index (χ1v) is 9.67. The molecule has 2 amide bonds. The molecule has 8 heteroatoms. The van der Waals surface area contributed by atoms with Crippen molar-refractivity contribution < 1.29 is 9.59 Å². The maximum absolute atomic E-state index is 12.9. The molecule has 0 aliphatic carbocycles. The second-order valence-electron chi connectivity index (χ2n) is 6.22. The van der Waals surface area contributed by atoms with Gasteiger partial charge >= 0.3 is 0 Å². The van der Waals surface area contributed by atoms with Gasteiger partial charge in [-0.3, -0.25) is 9.59 Å². The predicted octanol–water partition coefficient (Wildman–Crippen LogP) is 4.87. The lowest BCUT2D eigenvalue weighted by molar-refractivity contribution is -0.114. The lowest BCUT2D eigenvalue weighted by atomic mass is 10.2. The summed E-state index contributed by atoms with van der Waals surface area (Å²) in [6, 6.07) is 14.9. The standard InChI is InChI=1S/C20H18BrClN4O2/c1-12-18(19(22)26(25-12)11-14-6-4-3-5-7-14)20(28)24-17-10-15(21)8-9-16(17)23-13(2)27/h3-10H,11H2,1-2H3,(H,23,27)(H,24,28). The number of aryl methyl sites for hydroxylation is 1. The molecule has 2 aromatic carbocycles. The molecule has 1 heterocycles. The molecule has 0 aliphatic rings. The van der Waals surface area contributed by atoms with Gasteiger partial charge in [0.05, 0.1) is 29.2 Å². The third-order valence-electron chi connectivity index (χ3n) is 4.01. The van der Waals surface area contributed by atoms with Crippen molar-refractivity contribution in [3.63, 3.8) is 0 Å². The molecule has 0 radical (unpaired) electrons. The van der Waals surface area contributed by atoms with Crippen LogP contribution in [-0.4, -0.2) is 21.6 Å². The minimum Gasteiger partial charge on any atom is -0.325 e. The van der Waals surface area contributed by atoms with Gasteiger partial charge < -0.3 is 10.6 Å². The summed E-state index contributed by atoms with van der Waals surface area (Å²) in [5.41, 5.74) is 2.80. The number of aromatic nitrogens is 2. The number of nitrogens with zero attached hydrogens (tertiary/aromatic N) is 2. The van der Waals surface area contributed by atoms with Gasteiger partial charge in [-0.15, -0.1) is 0 Å². The van der Waals surface area contributed by atoms with Crippen molar-refractivity contribution >= 4 is 50.7 Å². The van der Waals surface area contributed by atoms with E-state index >= 15 is 0 Å². The Morgan fingerprint density at radius 1 is 1.11 bits per heavy atom. The average molecular weight is 462 g/mol. The van der Waals surface area contributed by atoms with Gasteiger partial charge in [0.25, 0.3) is 5.91 Å². The zero-order valence-corrected chi connectivity index (χ0v) is 17.6. The van der Waals surface area contributed by atoms with E-state index in [9.17, 15) is 9.59 Å². The van der Waals surface area contributed by atoms with E-state index < -0.39 is 5.91 Å². The maximum Gasteiger partial charge on any atom is 0.260 e. The number of hydrogen-bond acceptors (Lipinski definition) is 3. The van der Waals surface area contributed by atoms with E-state index in [1.807, 2.05) is 30.3 Å². The topological polar surface area (TPSA) is 76.0 Å². The summed E-state index contributed by atoms with van der Waals surface area (Å²) in [5.74, 6) is -0.630. The Kier molecular flexibility index (Phi) is 6.16. The van der Waals surface area contributed by atoms with Crippen molar-refractivity contribution in [1.82, 2.24) is 9.78 Å². The van der Waals surface area contributed by atoms with Crippen LogP contribution in [0.5, 0.6) is 0 Å². The summed E-state index contributed by atoms with van der Waals surface area (Å²) in [7, 11) is 0. The van der Waals surface area contributed by atoms with Gasteiger partial charge in [0.1, 0.15) is 5.15 Å². The molecule has 0 atom stereocenters. The normalized spacial score (nSPS) is 10.6. The monoisotopic (exact) mass is 460 g/mol. The van der Waals surface area contributed by atoms with Crippen molar-refractivity contribution in [2.24, 2.45) is 0 Å². The van der Waals surface area contributed by atoms with Crippen molar-refractivity contribution in [2.45, 2.75) is 20.4 Å². The number of carbonyl (C=O) groups excluding carboxylic acids is 2. The Balaban J connectivity index is 1.88. The van der Waals surface area contributed by atoms with Crippen LogP contribution in [0.1, 0.15) is 28.5 Å². The molecule has 0 saturated carbocycles. The van der Waals surface area contributed by atoms with Crippen LogP contribution in [0.3, 0.4) is 0 Å². The Morgan fingerprint density at radius 3 is 2.50 bits per heavy atom. The Bertz CT molecular complexity index is 1030. The molecule has 0 spiro atoms. The highest BCUT2D eigenvalue weighted by atomic mass is 79.9. The quantitative estimate of drug-likeness (QED) is 0.569. The van der Waals surface area contributed by atoms with Crippen LogP contribution < -0.4 is 10.6 Å². The molecule has 1 aromatic heterocycles. The molecular formula is C20H18BrClN4O2. The van der Waals surface area contributed by atoms with Crippen molar-refractivity contribution in [3.8, 4) is 0 Å². The molecule has 2 N–H and O–H groups in total. The van der Waals surface area contributed by atoms with E-state index in [2.05, 4.69) is 31.7 Å². The Hall–Kier alpha value is -2.64. The number of carbonyl (C=O) groups is 2. The van der Waals surface area contributed by atoms with Crippen molar-refractivity contribution in [1.29, 1.82) is 0 Å². The second-order valence-corrected chi connectivity index (χ2v) is 7.49. The van der Waals surface area contributed by atoms with Gasteiger partial charge in [-0.05, 0) is 30.7 Å². The smallest absolute Gasteiger partial charge is 0.260 e. The molecule has 144 valence electrons. The largest absolute Gasteiger partial charge is 0.325 e. The number of amides is 2. The molecule has 0 fully saturated rings. The number of nitrogens with one attached hydrogen (secondary N) is 2. The molecule has 0 bridgehead atoms. The lowest BCUT2D eigenvalue weighted by Crippen LogP contribution is -2.16. The van der Waals surface area contributed by atoms with E-state index in [-0.39, 0.29) is 11.1 Å². The first-order chi connectivity index (χ1) is 13.3. The molecule has 0 unspecified atom stereocenters. The van der Waals surface area contributed by atoms with Gasteiger partial charge in [-0.1, -0.05) is 57.9 Å². The summed E-state index contributed by atoms with van der Waals surface area (Å²) >= 11 is 9.83. The number of rotatable bonds is 5. The summed E-state index contributed by atoms with van der Waals surface area (Å²) in [4.78, 5) is 24.3. The molecule has 0 saturated heterocycles. The zero-order valence-electron chi connectivity index (χ0n) is 15.3. The predicted molar refractivity (Wildman–Crippen MR) is 114 cm³/mol. The Labute approximate surface area is 176 Å². The highest BCUT2D eigenvalue weighted by Crippen LogP contribution is 2.28. The summed E-state index contributed by atoms with van der Waals surface area (Å²) in [6.07, 6.45) is 0. The van der Waals surface area contributed by atoms with E-state index in [0.29, 0.717) is 29.2 Å². The summed E-state index contributed by atoms with van der Waals surface area (Å²) < 4.78 is 2.36. The molecular weight excluding hydrogens is 444 g/mol. The first-order valence-electron chi connectivity index (χ1n) is 8.50.